The Morgan fingerprint density at radius 1 is 1.07 bits per heavy atom. The molecular weight excluding hydrogens is 589 g/mol. The SMILES string of the molecule is CC(O)(c1cnc2n1C[C@H](c1cccc(F)c1F)CC[C@H]2NC(=O)N1CCC(n2c(=O)[nH]c3ncccc32)CC1)C(F)(F)F. The van der Waals surface area contributed by atoms with E-state index in [0.717, 1.165) is 16.8 Å². The number of nitrogens with zero attached hydrogens (tertiary/aromatic N) is 5. The number of piperidine rings is 1. The van der Waals surface area contributed by atoms with Gasteiger partial charge in [-0.3, -0.25) is 9.55 Å². The number of pyridine rings is 1. The minimum absolute atomic E-state index is 0.0148. The number of H-pyrrole nitrogens is 1. The summed E-state index contributed by atoms with van der Waals surface area (Å²) < 4.78 is 73.4. The van der Waals surface area contributed by atoms with Gasteiger partial charge in [0.2, 0.25) is 0 Å². The first-order chi connectivity index (χ1) is 20.9. The number of halogens is 5. The first-order valence-corrected chi connectivity index (χ1v) is 14.3. The molecule has 0 radical (unpaired) electrons. The van der Waals surface area contributed by atoms with Crippen molar-refractivity contribution in [2.24, 2.45) is 0 Å². The molecule has 1 unspecified atom stereocenters. The molecule has 4 aromatic rings. The Morgan fingerprint density at radius 3 is 2.55 bits per heavy atom. The highest BCUT2D eigenvalue weighted by Crippen LogP contribution is 2.42. The summed E-state index contributed by atoms with van der Waals surface area (Å²) in [5, 5.41) is 13.4. The number of hydrogen-bond acceptors (Lipinski definition) is 5. The van der Waals surface area contributed by atoms with Crippen LogP contribution in [0.1, 0.15) is 67.7 Å². The third kappa shape index (κ3) is 5.12. The summed E-state index contributed by atoms with van der Waals surface area (Å²) in [6.45, 7) is 1.00. The molecule has 10 nitrogen and oxygen atoms in total. The van der Waals surface area contributed by atoms with E-state index < -0.39 is 47.1 Å². The first-order valence-electron chi connectivity index (χ1n) is 14.3. The van der Waals surface area contributed by atoms with Crippen molar-refractivity contribution < 1.29 is 31.9 Å². The van der Waals surface area contributed by atoms with E-state index in [1.54, 1.807) is 27.8 Å². The van der Waals surface area contributed by atoms with Crippen molar-refractivity contribution in [2.75, 3.05) is 13.1 Å². The average Bonchev–Trinajstić information content (AvgIpc) is 3.50. The molecule has 6 rings (SSSR count). The number of likely N-dealkylation sites (tertiary alicyclic amines) is 1. The molecule has 3 atom stereocenters. The van der Waals surface area contributed by atoms with E-state index in [4.69, 9.17) is 0 Å². The molecule has 1 saturated heterocycles. The zero-order chi connectivity index (χ0) is 31.4. The van der Waals surface area contributed by atoms with Crippen molar-refractivity contribution in [3.63, 3.8) is 0 Å². The van der Waals surface area contributed by atoms with Gasteiger partial charge in [-0.25, -0.2) is 28.3 Å². The number of aliphatic hydroxyl groups is 1. The number of fused-ring (bicyclic) bond motifs is 2. The van der Waals surface area contributed by atoms with Gasteiger partial charge in [-0.15, -0.1) is 0 Å². The van der Waals surface area contributed by atoms with Crippen molar-refractivity contribution in [3.8, 4) is 0 Å². The molecule has 44 heavy (non-hydrogen) atoms. The van der Waals surface area contributed by atoms with Gasteiger partial charge >= 0.3 is 17.9 Å². The van der Waals surface area contributed by atoms with E-state index >= 15 is 0 Å². The quantitative estimate of drug-likeness (QED) is 0.288. The standard InChI is InChI=1S/C29H30F5N7O3/c1-28(44,29(32,33)34)22-14-36-25-20(8-7-16(15-40(22)25)18-4-2-5-19(30)23(18)31)37-26(42)39-12-9-17(10-13-39)41-21-6-3-11-35-24(21)38-27(41)43/h2-6,11,14,16-17,20,44H,7-10,12-13,15H2,1H3,(H,37,42)(H,35,38,43)/t16-,20-,28?/m1/s1. The number of carbonyl (C=O) groups is 1. The highest BCUT2D eigenvalue weighted by molar-refractivity contribution is 5.75. The van der Waals surface area contributed by atoms with Crippen LogP contribution in [0, 0.1) is 11.6 Å². The molecule has 0 aliphatic carbocycles. The zero-order valence-electron chi connectivity index (χ0n) is 23.6. The molecule has 0 saturated carbocycles. The van der Waals surface area contributed by atoms with Crippen LogP contribution in [0.3, 0.4) is 0 Å². The lowest BCUT2D eigenvalue weighted by Crippen LogP contribution is -2.46. The molecule has 3 aromatic heterocycles. The van der Waals surface area contributed by atoms with Crippen LogP contribution in [0.2, 0.25) is 0 Å². The largest absolute Gasteiger partial charge is 0.422 e. The van der Waals surface area contributed by atoms with E-state index in [1.807, 2.05) is 0 Å². The maximum atomic E-state index is 14.8. The second kappa shape index (κ2) is 11.0. The van der Waals surface area contributed by atoms with Gasteiger partial charge in [0.05, 0.1) is 23.4 Å². The molecule has 1 fully saturated rings. The number of aromatic amines is 1. The van der Waals surface area contributed by atoms with Crippen molar-refractivity contribution in [3.05, 3.63) is 81.9 Å². The Hall–Kier alpha value is -4.27. The van der Waals surface area contributed by atoms with Gasteiger partial charge in [0.25, 0.3) is 0 Å². The molecule has 234 valence electrons. The lowest BCUT2D eigenvalue weighted by atomic mass is 9.92. The Bertz CT molecular complexity index is 1750. The number of rotatable bonds is 4. The highest BCUT2D eigenvalue weighted by atomic mass is 19.4. The number of imidazole rings is 2. The molecule has 1 aromatic carbocycles. The van der Waals surface area contributed by atoms with Crippen molar-refractivity contribution in [1.29, 1.82) is 0 Å². The lowest BCUT2D eigenvalue weighted by Gasteiger charge is -2.33. The van der Waals surface area contributed by atoms with Gasteiger partial charge in [0.1, 0.15) is 5.82 Å². The summed E-state index contributed by atoms with van der Waals surface area (Å²) in [5.41, 5.74) is -3.02. The maximum absolute atomic E-state index is 14.8. The number of hydrogen-bond donors (Lipinski definition) is 3. The summed E-state index contributed by atoms with van der Waals surface area (Å²) in [6, 6.07) is 5.66. The number of alkyl halides is 3. The third-order valence-corrected chi connectivity index (χ3v) is 8.78. The number of carbonyl (C=O) groups excluding carboxylic acids is 1. The predicted molar refractivity (Wildman–Crippen MR) is 148 cm³/mol. The topological polar surface area (TPSA) is 121 Å². The summed E-state index contributed by atoms with van der Waals surface area (Å²) in [6.07, 6.45) is -1.24. The van der Waals surface area contributed by atoms with Crippen LogP contribution in [0.25, 0.3) is 11.2 Å². The van der Waals surface area contributed by atoms with Gasteiger partial charge in [-0.1, -0.05) is 12.1 Å². The van der Waals surface area contributed by atoms with Gasteiger partial charge in [0, 0.05) is 37.8 Å². The number of nitrogens with one attached hydrogen (secondary N) is 2. The third-order valence-electron chi connectivity index (χ3n) is 8.78. The molecule has 0 spiro atoms. The second-order valence-electron chi connectivity index (χ2n) is 11.5. The van der Waals surface area contributed by atoms with Crippen LogP contribution in [-0.4, -0.2) is 59.4 Å². The molecule has 3 N–H and O–H groups in total. The van der Waals surface area contributed by atoms with E-state index in [9.17, 15) is 36.6 Å². The predicted octanol–water partition coefficient (Wildman–Crippen LogP) is 4.63. The van der Waals surface area contributed by atoms with Crippen molar-refractivity contribution in [2.45, 2.75) is 68.9 Å². The Labute approximate surface area is 247 Å². The van der Waals surface area contributed by atoms with Crippen molar-refractivity contribution >= 4 is 17.2 Å². The van der Waals surface area contributed by atoms with E-state index in [0.29, 0.717) is 44.0 Å². The van der Waals surface area contributed by atoms with Crippen LogP contribution in [0.4, 0.5) is 26.7 Å². The van der Waals surface area contributed by atoms with Crippen LogP contribution in [-0.2, 0) is 12.1 Å². The van der Waals surface area contributed by atoms with Gasteiger partial charge in [0.15, 0.2) is 22.9 Å². The molecule has 2 aliphatic rings. The minimum Gasteiger partial charge on any atom is -0.375 e. The molecular formula is C29H30F5N7O3. The minimum atomic E-state index is -5.05. The molecule has 15 heteroatoms. The number of amides is 2. The van der Waals surface area contributed by atoms with Crippen molar-refractivity contribution in [1.82, 2.24) is 34.3 Å². The van der Waals surface area contributed by atoms with E-state index in [1.165, 1.54) is 12.1 Å². The Morgan fingerprint density at radius 2 is 1.82 bits per heavy atom. The lowest BCUT2D eigenvalue weighted by molar-refractivity contribution is -0.261. The fraction of sp³-hybridized carbons (Fsp3) is 0.448. The number of benzene rings is 1. The number of urea groups is 1. The molecule has 5 heterocycles. The second-order valence-corrected chi connectivity index (χ2v) is 11.5. The molecule has 0 bridgehead atoms. The summed E-state index contributed by atoms with van der Waals surface area (Å²) >= 11 is 0. The molecule has 2 aliphatic heterocycles. The summed E-state index contributed by atoms with van der Waals surface area (Å²) in [7, 11) is 0. The first kappa shape index (κ1) is 29.8. The Balaban J connectivity index is 1.24. The summed E-state index contributed by atoms with van der Waals surface area (Å²) in [5.74, 6) is -2.87. The van der Waals surface area contributed by atoms with Gasteiger partial charge in [-0.2, -0.15) is 13.2 Å². The smallest absolute Gasteiger partial charge is 0.375 e. The average molecular weight is 620 g/mol. The monoisotopic (exact) mass is 619 g/mol. The van der Waals surface area contributed by atoms with Gasteiger partial charge in [-0.05, 0) is 56.4 Å². The zero-order valence-corrected chi connectivity index (χ0v) is 23.6. The fourth-order valence-electron chi connectivity index (χ4n) is 6.32. The van der Waals surface area contributed by atoms with Crippen LogP contribution in [0.15, 0.2) is 47.5 Å². The summed E-state index contributed by atoms with van der Waals surface area (Å²) in [4.78, 5) is 38.7. The Kier molecular flexibility index (Phi) is 7.46. The fourth-order valence-corrected chi connectivity index (χ4v) is 6.32. The van der Waals surface area contributed by atoms with Crippen LogP contribution >= 0.6 is 0 Å². The van der Waals surface area contributed by atoms with E-state index in [2.05, 4.69) is 20.3 Å². The molecule has 2 amide bonds. The van der Waals surface area contributed by atoms with E-state index in [-0.39, 0.29) is 42.5 Å². The van der Waals surface area contributed by atoms with Gasteiger partial charge < -0.3 is 19.9 Å². The normalized spacial score (nSPS) is 21.1. The number of aromatic nitrogens is 5. The van der Waals surface area contributed by atoms with Crippen LogP contribution < -0.4 is 11.0 Å². The maximum Gasteiger partial charge on any atom is 0.422 e. The highest BCUT2D eigenvalue weighted by Gasteiger charge is 2.54. The van der Waals surface area contributed by atoms with Crippen LogP contribution in [0.5, 0.6) is 0 Å².